The highest BCUT2D eigenvalue weighted by molar-refractivity contribution is 7.13. The summed E-state index contributed by atoms with van der Waals surface area (Å²) in [5, 5.41) is 1.57. The topological polar surface area (TPSA) is 16.1 Å². The van der Waals surface area contributed by atoms with Crippen LogP contribution in [0.3, 0.4) is 0 Å². The summed E-state index contributed by atoms with van der Waals surface area (Å²) in [5.74, 6) is 0.545. The molecular weight excluding hydrogens is 225 g/mol. The lowest BCUT2D eigenvalue weighted by molar-refractivity contribution is -0.140. The summed E-state index contributed by atoms with van der Waals surface area (Å²) in [6.45, 7) is 3.72. The Morgan fingerprint density at radius 3 is 2.73 bits per heavy atom. The Bertz CT molecular complexity index is 347. The number of anilines is 1. The van der Waals surface area contributed by atoms with Crippen molar-refractivity contribution in [2.45, 2.75) is 19.5 Å². The largest absolute Gasteiger partial charge is 0.434 e. The zero-order chi connectivity index (χ0) is 11.1. The van der Waals surface area contributed by atoms with Gasteiger partial charge in [-0.25, -0.2) is 4.98 Å². The predicted molar refractivity (Wildman–Crippen MR) is 53.1 cm³/mol. The van der Waals surface area contributed by atoms with Gasteiger partial charge in [-0.1, -0.05) is 6.92 Å². The maximum atomic E-state index is 12.3. The van der Waals surface area contributed by atoms with E-state index in [1.165, 1.54) is 0 Å². The van der Waals surface area contributed by atoms with Gasteiger partial charge in [0.05, 0.1) is 0 Å². The van der Waals surface area contributed by atoms with Crippen LogP contribution in [0, 0.1) is 5.92 Å². The molecule has 6 heteroatoms. The molecule has 0 aromatic carbocycles. The van der Waals surface area contributed by atoms with Gasteiger partial charge in [-0.2, -0.15) is 13.2 Å². The zero-order valence-corrected chi connectivity index (χ0v) is 9.03. The van der Waals surface area contributed by atoms with Gasteiger partial charge in [0.25, 0.3) is 0 Å². The molecule has 1 saturated heterocycles. The maximum absolute atomic E-state index is 12.3. The second-order valence-electron chi connectivity index (χ2n) is 3.85. The number of rotatable bonds is 1. The molecule has 0 aliphatic carbocycles. The van der Waals surface area contributed by atoms with Crippen molar-refractivity contribution in [2.24, 2.45) is 5.92 Å². The summed E-state index contributed by atoms with van der Waals surface area (Å²) in [4.78, 5) is 5.54. The molecule has 1 aromatic heterocycles. The Morgan fingerprint density at radius 2 is 2.27 bits per heavy atom. The van der Waals surface area contributed by atoms with Crippen LogP contribution >= 0.6 is 11.3 Å². The first-order chi connectivity index (χ1) is 6.97. The molecule has 0 bridgehead atoms. The highest BCUT2D eigenvalue weighted by atomic mass is 32.1. The van der Waals surface area contributed by atoms with Gasteiger partial charge in [0, 0.05) is 18.5 Å². The third kappa shape index (κ3) is 2.25. The third-order valence-electron chi connectivity index (χ3n) is 2.48. The van der Waals surface area contributed by atoms with Gasteiger partial charge in [0.15, 0.2) is 10.8 Å². The van der Waals surface area contributed by atoms with Gasteiger partial charge in [-0.15, -0.1) is 11.3 Å². The summed E-state index contributed by atoms with van der Waals surface area (Å²) < 4.78 is 36.9. The molecule has 0 radical (unpaired) electrons. The van der Waals surface area contributed by atoms with E-state index in [1.54, 1.807) is 0 Å². The van der Waals surface area contributed by atoms with E-state index in [0.29, 0.717) is 11.0 Å². The lowest BCUT2D eigenvalue weighted by Crippen LogP contribution is -2.19. The van der Waals surface area contributed by atoms with E-state index in [2.05, 4.69) is 11.9 Å². The summed E-state index contributed by atoms with van der Waals surface area (Å²) in [7, 11) is 0. The molecule has 1 aliphatic heterocycles. The van der Waals surface area contributed by atoms with Gasteiger partial charge in [-0.3, -0.25) is 0 Å². The van der Waals surface area contributed by atoms with E-state index in [-0.39, 0.29) is 0 Å². The van der Waals surface area contributed by atoms with Crippen LogP contribution < -0.4 is 4.90 Å². The van der Waals surface area contributed by atoms with Crippen molar-refractivity contribution in [2.75, 3.05) is 18.0 Å². The van der Waals surface area contributed by atoms with Crippen LogP contribution in [0.2, 0.25) is 0 Å². The Balaban J connectivity index is 2.14. The SMILES string of the molecule is C[C@H]1CCN(c2nc(C(F)(F)F)cs2)C1. The van der Waals surface area contributed by atoms with E-state index in [0.717, 1.165) is 36.2 Å². The Morgan fingerprint density at radius 1 is 1.53 bits per heavy atom. The fraction of sp³-hybridized carbons (Fsp3) is 0.667. The van der Waals surface area contributed by atoms with Crippen LogP contribution in [-0.2, 0) is 6.18 Å². The van der Waals surface area contributed by atoms with Crippen LogP contribution in [0.5, 0.6) is 0 Å². The fourth-order valence-electron chi connectivity index (χ4n) is 1.65. The third-order valence-corrected chi connectivity index (χ3v) is 3.38. The van der Waals surface area contributed by atoms with Crippen LogP contribution in [0.15, 0.2) is 5.38 Å². The number of halogens is 3. The van der Waals surface area contributed by atoms with Crippen LogP contribution in [0.4, 0.5) is 18.3 Å². The minimum Gasteiger partial charge on any atom is -0.348 e. The Kier molecular flexibility index (Phi) is 2.62. The summed E-state index contributed by atoms with van der Waals surface area (Å²) in [5.41, 5.74) is -0.776. The van der Waals surface area contributed by atoms with Crippen molar-refractivity contribution < 1.29 is 13.2 Å². The van der Waals surface area contributed by atoms with Crippen molar-refractivity contribution in [3.63, 3.8) is 0 Å². The van der Waals surface area contributed by atoms with Crippen molar-refractivity contribution in [3.05, 3.63) is 11.1 Å². The number of hydrogen-bond acceptors (Lipinski definition) is 3. The van der Waals surface area contributed by atoms with Crippen molar-refractivity contribution in [3.8, 4) is 0 Å². The minimum absolute atomic E-state index is 0.492. The highest BCUT2D eigenvalue weighted by Gasteiger charge is 2.34. The quantitative estimate of drug-likeness (QED) is 0.745. The van der Waals surface area contributed by atoms with Gasteiger partial charge >= 0.3 is 6.18 Å². The van der Waals surface area contributed by atoms with Gasteiger partial charge in [0.1, 0.15) is 0 Å². The minimum atomic E-state index is -4.32. The van der Waals surface area contributed by atoms with Crippen LogP contribution in [0.1, 0.15) is 19.0 Å². The zero-order valence-electron chi connectivity index (χ0n) is 8.21. The average Bonchev–Trinajstić information content (AvgIpc) is 2.69. The molecule has 0 unspecified atom stereocenters. The molecule has 0 spiro atoms. The molecule has 2 rings (SSSR count). The van der Waals surface area contributed by atoms with E-state index in [1.807, 2.05) is 4.90 Å². The average molecular weight is 236 g/mol. The molecule has 0 N–H and O–H groups in total. The van der Waals surface area contributed by atoms with E-state index < -0.39 is 11.9 Å². The van der Waals surface area contributed by atoms with Crippen molar-refractivity contribution in [1.82, 2.24) is 4.98 Å². The van der Waals surface area contributed by atoms with Gasteiger partial charge < -0.3 is 4.90 Å². The molecule has 1 atom stereocenters. The molecule has 0 amide bonds. The lowest BCUT2D eigenvalue weighted by Gasteiger charge is -2.13. The molecule has 2 nitrogen and oxygen atoms in total. The van der Waals surface area contributed by atoms with E-state index >= 15 is 0 Å². The number of nitrogens with zero attached hydrogens (tertiary/aromatic N) is 2. The molecule has 1 aliphatic rings. The Hall–Kier alpha value is -0.780. The van der Waals surface area contributed by atoms with Crippen molar-refractivity contribution in [1.29, 1.82) is 0 Å². The number of alkyl halides is 3. The first-order valence-electron chi connectivity index (χ1n) is 4.74. The van der Waals surface area contributed by atoms with E-state index in [9.17, 15) is 13.2 Å². The normalized spacial score (nSPS) is 22.4. The second kappa shape index (κ2) is 3.66. The number of hydrogen-bond donors (Lipinski definition) is 0. The molecule has 2 heterocycles. The second-order valence-corrected chi connectivity index (χ2v) is 4.69. The number of thiazole rings is 1. The molecular formula is C9H11F3N2S. The molecule has 1 aromatic rings. The monoisotopic (exact) mass is 236 g/mol. The van der Waals surface area contributed by atoms with E-state index in [4.69, 9.17) is 0 Å². The standard InChI is InChI=1S/C9H11F3N2S/c1-6-2-3-14(4-6)8-13-7(5-15-8)9(10,11)12/h5-6H,2-4H2,1H3/t6-/m0/s1. The fourth-order valence-corrected chi connectivity index (χ4v) is 2.52. The molecule has 0 saturated carbocycles. The lowest BCUT2D eigenvalue weighted by atomic mass is 10.2. The first kappa shape index (κ1) is 10.7. The molecule has 15 heavy (non-hydrogen) atoms. The molecule has 84 valence electrons. The van der Waals surface area contributed by atoms with Crippen LogP contribution in [-0.4, -0.2) is 18.1 Å². The van der Waals surface area contributed by atoms with Crippen molar-refractivity contribution >= 4 is 16.5 Å². The summed E-state index contributed by atoms with van der Waals surface area (Å²) in [6.07, 6.45) is -3.29. The van der Waals surface area contributed by atoms with Crippen LogP contribution in [0.25, 0.3) is 0 Å². The van der Waals surface area contributed by atoms with Gasteiger partial charge in [-0.05, 0) is 12.3 Å². The maximum Gasteiger partial charge on any atom is 0.434 e. The summed E-state index contributed by atoms with van der Waals surface area (Å²) in [6, 6.07) is 0. The smallest absolute Gasteiger partial charge is 0.348 e. The predicted octanol–water partition coefficient (Wildman–Crippen LogP) is 3.01. The number of aromatic nitrogens is 1. The summed E-state index contributed by atoms with van der Waals surface area (Å²) >= 11 is 1.07. The highest BCUT2D eigenvalue weighted by Crippen LogP contribution is 2.34. The van der Waals surface area contributed by atoms with Gasteiger partial charge in [0.2, 0.25) is 0 Å². The Labute approximate surface area is 89.7 Å². The molecule has 1 fully saturated rings. The first-order valence-corrected chi connectivity index (χ1v) is 5.62.